The van der Waals surface area contributed by atoms with E-state index in [0.29, 0.717) is 5.15 Å². The Morgan fingerprint density at radius 3 is 2.65 bits per heavy atom. The lowest BCUT2D eigenvalue weighted by Crippen LogP contribution is -2.08. The van der Waals surface area contributed by atoms with Crippen LogP contribution in [0.15, 0.2) is 36.7 Å². The Labute approximate surface area is 125 Å². The monoisotopic (exact) mass is 289 g/mol. The van der Waals surface area contributed by atoms with E-state index in [1.807, 2.05) is 6.07 Å². The van der Waals surface area contributed by atoms with Gasteiger partial charge in [0.2, 0.25) is 0 Å². The second-order valence-electron chi connectivity index (χ2n) is 4.76. The third-order valence-corrected chi connectivity index (χ3v) is 3.50. The normalized spacial score (nSPS) is 10.5. The zero-order chi connectivity index (χ0) is 14.2. The van der Waals surface area contributed by atoms with Gasteiger partial charge in [0, 0.05) is 12.1 Å². The fraction of sp³-hybridized carbons (Fsp3) is 0.375. The summed E-state index contributed by atoms with van der Waals surface area (Å²) >= 11 is 6.13. The largest absolute Gasteiger partial charge is 0.370 e. The van der Waals surface area contributed by atoms with Gasteiger partial charge in [0.25, 0.3) is 0 Å². The Balaban J connectivity index is 1.86. The molecule has 0 aliphatic carbocycles. The summed E-state index contributed by atoms with van der Waals surface area (Å²) in [5.74, 6) is 0.875. The van der Waals surface area contributed by atoms with Crippen LogP contribution in [0.2, 0.25) is 5.15 Å². The maximum atomic E-state index is 6.13. The predicted octanol–water partition coefficient (Wildman–Crippen LogP) is 4.13. The Kier molecular flexibility index (Phi) is 5.81. The molecule has 4 heteroatoms. The van der Waals surface area contributed by atoms with Gasteiger partial charge in [-0.1, -0.05) is 55.3 Å². The van der Waals surface area contributed by atoms with Crippen molar-refractivity contribution in [2.24, 2.45) is 0 Å². The van der Waals surface area contributed by atoms with Gasteiger partial charge in [0.05, 0.1) is 0 Å². The molecular formula is C16H20ClN3. The van der Waals surface area contributed by atoms with Gasteiger partial charge in [0.15, 0.2) is 0 Å². The number of hydrogen-bond donors (Lipinski definition) is 1. The van der Waals surface area contributed by atoms with Gasteiger partial charge in [-0.2, -0.15) is 0 Å². The van der Waals surface area contributed by atoms with Crippen molar-refractivity contribution >= 4 is 17.4 Å². The van der Waals surface area contributed by atoms with Gasteiger partial charge in [-0.3, -0.25) is 0 Å². The molecule has 1 aromatic carbocycles. The maximum Gasteiger partial charge on any atom is 0.137 e. The smallest absolute Gasteiger partial charge is 0.137 e. The van der Waals surface area contributed by atoms with Gasteiger partial charge >= 0.3 is 0 Å². The molecule has 0 fully saturated rings. The van der Waals surface area contributed by atoms with E-state index in [-0.39, 0.29) is 0 Å². The summed E-state index contributed by atoms with van der Waals surface area (Å²) in [6.45, 7) is 3.02. The zero-order valence-corrected chi connectivity index (χ0v) is 12.5. The van der Waals surface area contributed by atoms with Gasteiger partial charge in [-0.25, -0.2) is 9.97 Å². The Hall–Kier alpha value is -1.61. The molecule has 1 heterocycles. The van der Waals surface area contributed by atoms with Crippen LogP contribution in [0.1, 0.15) is 30.9 Å². The first-order chi connectivity index (χ1) is 9.81. The molecular weight excluding hydrogens is 270 g/mol. The van der Waals surface area contributed by atoms with Crippen LogP contribution in [0, 0.1) is 0 Å². The minimum absolute atomic E-state index is 0.562. The lowest BCUT2D eigenvalue weighted by Gasteiger charge is -2.11. The summed E-state index contributed by atoms with van der Waals surface area (Å²) in [4.78, 5) is 8.34. The molecule has 0 aliphatic heterocycles. The fourth-order valence-corrected chi connectivity index (χ4v) is 2.39. The minimum atomic E-state index is 0.562. The number of hydrogen-bond acceptors (Lipinski definition) is 3. The van der Waals surface area contributed by atoms with Crippen LogP contribution in [-0.4, -0.2) is 16.5 Å². The molecule has 2 aromatic rings. The number of benzene rings is 1. The number of halogens is 1. The molecule has 1 aromatic heterocycles. The molecule has 0 saturated heterocycles. The average molecular weight is 290 g/mol. The number of nitrogens with one attached hydrogen (secondary N) is 1. The second-order valence-corrected chi connectivity index (χ2v) is 5.12. The molecule has 3 nitrogen and oxygen atoms in total. The average Bonchev–Trinajstić information content (AvgIpc) is 2.48. The molecule has 106 valence electrons. The summed E-state index contributed by atoms with van der Waals surface area (Å²) < 4.78 is 0. The first-order valence-electron chi connectivity index (χ1n) is 7.08. The lowest BCUT2D eigenvalue weighted by atomic mass is 10.1. The summed E-state index contributed by atoms with van der Waals surface area (Å²) in [5, 5.41) is 3.94. The van der Waals surface area contributed by atoms with Crippen LogP contribution in [0.25, 0.3) is 0 Å². The maximum absolute atomic E-state index is 6.13. The van der Waals surface area contributed by atoms with Crippen molar-refractivity contribution < 1.29 is 0 Å². The van der Waals surface area contributed by atoms with Crippen LogP contribution < -0.4 is 5.32 Å². The minimum Gasteiger partial charge on any atom is -0.370 e. The molecule has 0 aliphatic rings. The van der Waals surface area contributed by atoms with Crippen LogP contribution in [0.5, 0.6) is 0 Å². The van der Waals surface area contributed by atoms with Gasteiger partial charge in [-0.05, 0) is 24.8 Å². The van der Waals surface area contributed by atoms with E-state index in [1.165, 1.54) is 11.9 Å². The summed E-state index contributed by atoms with van der Waals surface area (Å²) in [6.07, 6.45) is 5.58. The topological polar surface area (TPSA) is 37.8 Å². The molecule has 0 spiro atoms. The molecule has 0 unspecified atom stereocenters. The molecule has 0 saturated carbocycles. The van der Waals surface area contributed by atoms with E-state index >= 15 is 0 Å². The Morgan fingerprint density at radius 1 is 1.10 bits per heavy atom. The molecule has 20 heavy (non-hydrogen) atoms. The standard InChI is InChI=1S/C16H20ClN3/c1-2-7-14-15(17)19-12-20-16(14)18-11-6-10-13-8-4-3-5-9-13/h3-5,8-9,12H,2,6-7,10-11H2,1H3,(H,18,19,20). The highest BCUT2D eigenvalue weighted by Crippen LogP contribution is 2.21. The molecule has 0 bridgehead atoms. The number of aromatic nitrogens is 2. The number of nitrogens with zero attached hydrogens (tertiary/aromatic N) is 2. The van der Waals surface area contributed by atoms with Crippen molar-refractivity contribution in [3.05, 3.63) is 52.9 Å². The highest BCUT2D eigenvalue weighted by molar-refractivity contribution is 6.30. The van der Waals surface area contributed by atoms with E-state index in [9.17, 15) is 0 Å². The number of anilines is 1. The van der Waals surface area contributed by atoms with Crippen molar-refractivity contribution in [1.29, 1.82) is 0 Å². The quantitative estimate of drug-likeness (QED) is 0.615. The van der Waals surface area contributed by atoms with E-state index < -0.39 is 0 Å². The first-order valence-corrected chi connectivity index (χ1v) is 7.46. The first kappa shape index (κ1) is 14.8. The van der Waals surface area contributed by atoms with Crippen molar-refractivity contribution in [2.45, 2.75) is 32.6 Å². The van der Waals surface area contributed by atoms with Gasteiger partial charge < -0.3 is 5.32 Å². The number of aryl methyl sites for hydroxylation is 1. The van der Waals surface area contributed by atoms with Crippen molar-refractivity contribution in [3.63, 3.8) is 0 Å². The molecule has 0 radical (unpaired) electrons. The van der Waals surface area contributed by atoms with Gasteiger partial charge in [0.1, 0.15) is 17.3 Å². The fourth-order valence-electron chi connectivity index (χ4n) is 2.16. The van der Waals surface area contributed by atoms with E-state index in [1.54, 1.807) is 0 Å². The molecule has 2 rings (SSSR count). The van der Waals surface area contributed by atoms with Crippen LogP contribution >= 0.6 is 11.6 Å². The SMILES string of the molecule is CCCc1c(Cl)ncnc1NCCCc1ccccc1. The summed E-state index contributed by atoms with van der Waals surface area (Å²) in [7, 11) is 0. The van der Waals surface area contributed by atoms with Crippen molar-refractivity contribution in [2.75, 3.05) is 11.9 Å². The zero-order valence-electron chi connectivity index (χ0n) is 11.8. The number of rotatable bonds is 7. The predicted molar refractivity (Wildman–Crippen MR) is 84.3 cm³/mol. The molecule has 0 atom stereocenters. The van der Waals surface area contributed by atoms with E-state index in [4.69, 9.17) is 11.6 Å². The Bertz CT molecular complexity index is 529. The molecule has 1 N–H and O–H groups in total. The summed E-state index contributed by atoms with van der Waals surface area (Å²) in [6, 6.07) is 10.5. The highest BCUT2D eigenvalue weighted by Gasteiger charge is 2.08. The highest BCUT2D eigenvalue weighted by atomic mass is 35.5. The van der Waals surface area contributed by atoms with Crippen LogP contribution in [0.3, 0.4) is 0 Å². The third kappa shape index (κ3) is 4.20. The van der Waals surface area contributed by atoms with Crippen molar-refractivity contribution in [3.8, 4) is 0 Å². The second kappa shape index (κ2) is 7.85. The van der Waals surface area contributed by atoms with E-state index in [0.717, 1.165) is 43.6 Å². The third-order valence-electron chi connectivity index (χ3n) is 3.17. The van der Waals surface area contributed by atoms with E-state index in [2.05, 4.69) is 46.5 Å². The molecule has 0 amide bonds. The summed E-state index contributed by atoms with van der Waals surface area (Å²) in [5.41, 5.74) is 2.39. The van der Waals surface area contributed by atoms with Crippen LogP contribution in [-0.2, 0) is 12.8 Å². The van der Waals surface area contributed by atoms with Crippen LogP contribution in [0.4, 0.5) is 5.82 Å². The van der Waals surface area contributed by atoms with Crippen molar-refractivity contribution in [1.82, 2.24) is 9.97 Å². The lowest BCUT2D eigenvalue weighted by molar-refractivity contribution is 0.846. The van der Waals surface area contributed by atoms with Gasteiger partial charge in [-0.15, -0.1) is 0 Å². The Morgan fingerprint density at radius 2 is 1.90 bits per heavy atom.